The van der Waals surface area contributed by atoms with Crippen LogP contribution in [0.1, 0.15) is 22.0 Å². The first-order chi connectivity index (χ1) is 8.60. The molecule has 18 heavy (non-hydrogen) atoms. The Kier molecular flexibility index (Phi) is 4.19. The molecular weight excluding hydrogens is 250 g/mol. The van der Waals surface area contributed by atoms with Crippen LogP contribution in [0.5, 0.6) is 0 Å². The maximum absolute atomic E-state index is 11.9. The van der Waals surface area contributed by atoms with Gasteiger partial charge in [0.25, 0.3) is 0 Å². The van der Waals surface area contributed by atoms with Gasteiger partial charge in [-0.3, -0.25) is 0 Å². The lowest BCUT2D eigenvalue weighted by molar-refractivity contribution is 0.198. The molecule has 0 spiro atoms. The van der Waals surface area contributed by atoms with Gasteiger partial charge in [0.2, 0.25) is 0 Å². The monoisotopic (exact) mass is 269 g/mol. The summed E-state index contributed by atoms with van der Waals surface area (Å²) in [6.45, 7) is 6.02. The van der Waals surface area contributed by atoms with E-state index in [0.29, 0.717) is 13.1 Å². The normalized spacial score (nSPS) is 19.3. The fraction of sp³-hybridized carbons (Fsp3) is 0.667. The Balaban J connectivity index is 1.84. The van der Waals surface area contributed by atoms with Crippen molar-refractivity contribution in [2.75, 3.05) is 19.7 Å². The van der Waals surface area contributed by atoms with Crippen LogP contribution >= 0.6 is 11.3 Å². The molecule has 2 heterocycles. The van der Waals surface area contributed by atoms with Gasteiger partial charge in [0.1, 0.15) is 0 Å². The van der Waals surface area contributed by atoms with Gasteiger partial charge >= 0.3 is 6.03 Å². The lowest BCUT2D eigenvalue weighted by Crippen LogP contribution is -2.38. The average Bonchev–Trinajstić information content (AvgIpc) is 2.93. The van der Waals surface area contributed by atoms with Crippen LogP contribution in [0.3, 0.4) is 0 Å². The summed E-state index contributed by atoms with van der Waals surface area (Å²) in [7, 11) is 0. The Morgan fingerprint density at radius 2 is 2.39 bits per heavy atom. The van der Waals surface area contributed by atoms with E-state index in [4.69, 9.17) is 5.11 Å². The summed E-state index contributed by atoms with van der Waals surface area (Å²) in [6, 6.07) is -0.0450. The zero-order chi connectivity index (χ0) is 13.1. The summed E-state index contributed by atoms with van der Waals surface area (Å²) in [5.74, 6) is 0.239. The third kappa shape index (κ3) is 3.00. The molecule has 2 rings (SSSR count). The van der Waals surface area contributed by atoms with Gasteiger partial charge in [-0.1, -0.05) is 0 Å². The second kappa shape index (κ2) is 5.67. The first-order valence-electron chi connectivity index (χ1n) is 6.16. The minimum Gasteiger partial charge on any atom is -0.396 e. The number of nitrogens with zero attached hydrogens (tertiary/aromatic N) is 2. The van der Waals surface area contributed by atoms with E-state index < -0.39 is 0 Å². The number of carbonyl (C=O) groups excluding carboxylic acids is 1. The van der Waals surface area contributed by atoms with Crippen LogP contribution in [-0.4, -0.2) is 40.7 Å². The third-order valence-corrected chi connectivity index (χ3v) is 4.30. The van der Waals surface area contributed by atoms with Crippen LogP contribution < -0.4 is 5.32 Å². The molecular formula is C12H19N3O2S. The van der Waals surface area contributed by atoms with Crippen molar-refractivity contribution < 1.29 is 9.90 Å². The van der Waals surface area contributed by atoms with Gasteiger partial charge < -0.3 is 15.3 Å². The first-order valence-corrected chi connectivity index (χ1v) is 6.98. The molecule has 0 aromatic carbocycles. The van der Waals surface area contributed by atoms with E-state index in [0.717, 1.165) is 28.5 Å². The van der Waals surface area contributed by atoms with Gasteiger partial charge in [-0.2, -0.15) is 0 Å². The summed E-state index contributed by atoms with van der Waals surface area (Å²) >= 11 is 1.62. The highest BCUT2D eigenvalue weighted by Gasteiger charge is 2.25. The fourth-order valence-corrected chi connectivity index (χ4v) is 3.05. The molecule has 1 aliphatic heterocycles. The van der Waals surface area contributed by atoms with Crippen molar-refractivity contribution >= 4 is 17.4 Å². The van der Waals surface area contributed by atoms with Crippen LogP contribution in [0, 0.1) is 19.8 Å². The van der Waals surface area contributed by atoms with Gasteiger partial charge in [0, 0.05) is 30.5 Å². The van der Waals surface area contributed by atoms with Crippen molar-refractivity contribution in [3.05, 3.63) is 15.6 Å². The zero-order valence-corrected chi connectivity index (χ0v) is 11.6. The smallest absolute Gasteiger partial charge is 0.317 e. The molecule has 2 amide bonds. The van der Waals surface area contributed by atoms with E-state index in [1.54, 1.807) is 16.2 Å². The molecule has 0 bridgehead atoms. The summed E-state index contributed by atoms with van der Waals surface area (Å²) in [5, 5.41) is 13.0. The number of likely N-dealkylation sites (tertiary alicyclic amines) is 1. The lowest BCUT2D eigenvalue weighted by atomic mass is 10.1. The molecule has 0 radical (unpaired) electrons. The summed E-state index contributed by atoms with van der Waals surface area (Å²) in [6.07, 6.45) is 0.891. The SMILES string of the molecule is Cc1nc(C)c(CNC(=O)N2CCC(CO)C2)s1. The maximum atomic E-state index is 11.9. The maximum Gasteiger partial charge on any atom is 0.317 e. The second-order valence-corrected chi connectivity index (χ2v) is 5.97. The Bertz CT molecular complexity index is 433. The molecule has 2 N–H and O–H groups in total. The number of amides is 2. The summed E-state index contributed by atoms with van der Waals surface area (Å²) in [5.41, 5.74) is 0.993. The number of carbonyl (C=O) groups is 1. The molecule has 5 nitrogen and oxygen atoms in total. The van der Waals surface area contributed by atoms with E-state index in [1.807, 2.05) is 13.8 Å². The Morgan fingerprint density at radius 1 is 1.61 bits per heavy atom. The molecule has 1 aromatic heterocycles. The molecule has 1 aromatic rings. The number of aromatic nitrogens is 1. The fourth-order valence-electron chi connectivity index (χ4n) is 2.17. The number of hydrogen-bond acceptors (Lipinski definition) is 4. The minimum atomic E-state index is -0.0450. The molecule has 1 aliphatic rings. The highest BCUT2D eigenvalue weighted by Crippen LogP contribution is 2.18. The second-order valence-electron chi connectivity index (χ2n) is 4.68. The molecule has 1 atom stereocenters. The predicted octanol–water partition coefficient (Wildman–Crippen LogP) is 1.28. The molecule has 0 saturated carbocycles. The largest absolute Gasteiger partial charge is 0.396 e. The van der Waals surface area contributed by atoms with Crippen LogP contribution in [0.4, 0.5) is 4.79 Å². The van der Waals surface area contributed by atoms with Gasteiger partial charge in [0.05, 0.1) is 17.2 Å². The zero-order valence-electron chi connectivity index (χ0n) is 10.8. The predicted molar refractivity (Wildman–Crippen MR) is 70.6 cm³/mol. The highest BCUT2D eigenvalue weighted by molar-refractivity contribution is 7.11. The van der Waals surface area contributed by atoms with Crippen molar-refractivity contribution in [1.29, 1.82) is 0 Å². The number of urea groups is 1. The van der Waals surface area contributed by atoms with Gasteiger partial charge in [-0.15, -0.1) is 11.3 Å². The topological polar surface area (TPSA) is 65.5 Å². The van der Waals surface area contributed by atoms with Gasteiger partial charge in [-0.25, -0.2) is 9.78 Å². The van der Waals surface area contributed by atoms with E-state index in [-0.39, 0.29) is 18.6 Å². The number of hydrogen-bond donors (Lipinski definition) is 2. The lowest BCUT2D eigenvalue weighted by Gasteiger charge is -2.16. The molecule has 1 saturated heterocycles. The van der Waals surface area contributed by atoms with Crippen LogP contribution in [0.2, 0.25) is 0 Å². The van der Waals surface area contributed by atoms with E-state index in [2.05, 4.69) is 10.3 Å². The number of aliphatic hydroxyl groups excluding tert-OH is 1. The summed E-state index contributed by atoms with van der Waals surface area (Å²) in [4.78, 5) is 19.1. The van der Waals surface area contributed by atoms with E-state index in [9.17, 15) is 4.79 Å². The van der Waals surface area contributed by atoms with Crippen molar-refractivity contribution in [2.24, 2.45) is 5.92 Å². The number of thiazole rings is 1. The number of aryl methyl sites for hydroxylation is 2. The van der Waals surface area contributed by atoms with Gasteiger partial charge in [0.15, 0.2) is 0 Å². The van der Waals surface area contributed by atoms with Crippen LogP contribution in [0.25, 0.3) is 0 Å². The first kappa shape index (κ1) is 13.3. The van der Waals surface area contributed by atoms with Crippen molar-refractivity contribution in [3.8, 4) is 0 Å². The van der Waals surface area contributed by atoms with Crippen LogP contribution in [0.15, 0.2) is 0 Å². The minimum absolute atomic E-state index is 0.0450. The Labute approximate surface area is 111 Å². The Hall–Kier alpha value is -1.14. The van der Waals surface area contributed by atoms with Crippen LogP contribution in [-0.2, 0) is 6.54 Å². The average molecular weight is 269 g/mol. The van der Waals surface area contributed by atoms with Crippen molar-refractivity contribution in [2.45, 2.75) is 26.8 Å². The number of rotatable bonds is 3. The van der Waals surface area contributed by atoms with E-state index >= 15 is 0 Å². The molecule has 1 fully saturated rings. The van der Waals surface area contributed by atoms with Gasteiger partial charge in [-0.05, 0) is 20.3 Å². The standard InChI is InChI=1S/C12H19N3O2S/c1-8-11(18-9(2)14-8)5-13-12(17)15-4-3-10(6-15)7-16/h10,16H,3-7H2,1-2H3,(H,13,17). The van der Waals surface area contributed by atoms with Crippen molar-refractivity contribution in [1.82, 2.24) is 15.2 Å². The Morgan fingerprint density at radius 3 is 2.94 bits per heavy atom. The summed E-state index contributed by atoms with van der Waals surface area (Å²) < 4.78 is 0. The van der Waals surface area contributed by atoms with Crippen molar-refractivity contribution in [3.63, 3.8) is 0 Å². The number of aliphatic hydroxyl groups is 1. The highest BCUT2D eigenvalue weighted by atomic mass is 32.1. The molecule has 0 aliphatic carbocycles. The molecule has 100 valence electrons. The quantitative estimate of drug-likeness (QED) is 0.869. The number of nitrogens with one attached hydrogen (secondary N) is 1. The molecule has 6 heteroatoms. The van der Waals surface area contributed by atoms with E-state index in [1.165, 1.54) is 0 Å². The molecule has 1 unspecified atom stereocenters. The third-order valence-electron chi connectivity index (χ3n) is 3.23.